The summed E-state index contributed by atoms with van der Waals surface area (Å²) in [4.78, 5) is 0.303. The number of hydrogen-bond donors (Lipinski definition) is 0. The highest BCUT2D eigenvalue weighted by Gasteiger charge is 2.08. The lowest BCUT2D eigenvalue weighted by atomic mass is 10.0. The Morgan fingerprint density at radius 1 is 0.609 bits per heavy atom. The van der Waals surface area contributed by atoms with Crippen molar-refractivity contribution in [3.63, 3.8) is 0 Å². The number of hydrogen-bond acceptors (Lipinski definition) is 2. The van der Waals surface area contributed by atoms with E-state index in [0.29, 0.717) is 4.90 Å². The molecule has 0 unspecified atom stereocenters. The smallest absolute Gasteiger partial charge is 0.199 e. The molecule has 114 valence electrons. The number of benzene rings is 3. The van der Waals surface area contributed by atoms with Crippen LogP contribution in [0, 0.1) is 0 Å². The quantitative estimate of drug-likeness (QED) is 0.692. The van der Waals surface area contributed by atoms with E-state index < -0.39 is 9.84 Å². The van der Waals surface area contributed by atoms with Gasteiger partial charge in [-0.15, -0.1) is 0 Å². The molecule has 3 heteroatoms. The van der Waals surface area contributed by atoms with Crippen LogP contribution in [0.1, 0.15) is 5.56 Å². The lowest BCUT2D eigenvalue weighted by molar-refractivity contribution is 0.605. The highest BCUT2D eigenvalue weighted by Crippen LogP contribution is 2.20. The van der Waals surface area contributed by atoms with Crippen molar-refractivity contribution in [3.05, 3.63) is 95.9 Å². The maximum absolute atomic E-state index is 12.2. The minimum atomic E-state index is -3.40. The second-order valence-corrected chi connectivity index (χ2v) is 6.98. The van der Waals surface area contributed by atoms with Gasteiger partial charge in [0.15, 0.2) is 9.84 Å². The molecule has 0 bridgehead atoms. The third-order valence-electron chi connectivity index (χ3n) is 3.53. The molecule has 0 amide bonds. The summed E-state index contributed by atoms with van der Waals surface area (Å²) in [5, 5.41) is 1.25. The van der Waals surface area contributed by atoms with Crippen LogP contribution in [0.25, 0.3) is 17.2 Å². The Kier molecular flexibility index (Phi) is 4.40. The SMILES string of the molecule is O=S(=O)(/C=C/c1ccc(-c2ccccc2)cc1)c1ccccc1. The summed E-state index contributed by atoms with van der Waals surface area (Å²) in [6, 6.07) is 26.3. The van der Waals surface area contributed by atoms with Crippen LogP contribution in [0.4, 0.5) is 0 Å². The van der Waals surface area contributed by atoms with E-state index in [0.717, 1.165) is 16.7 Å². The Bertz CT molecular complexity index is 895. The molecule has 0 aliphatic carbocycles. The zero-order valence-electron chi connectivity index (χ0n) is 12.5. The Balaban J connectivity index is 1.81. The monoisotopic (exact) mass is 320 g/mol. The summed E-state index contributed by atoms with van der Waals surface area (Å²) < 4.78 is 24.4. The highest BCUT2D eigenvalue weighted by molar-refractivity contribution is 7.94. The molecule has 0 saturated heterocycles. The second-order valence-electron chi connectivity index (χ2n) is 5.15. The molecule has 0 spiro atoms. The van der Waals surface area contributed by atoms with E-state index in [2.05, 4.69) is 0 Å². The van der Waals surface area contributed by atoms with Crippen LogP contribution >= 0.6 is 0 Å². The fourth-order valence-corrected chi connectivity index (χ4v) is 3.30. The number of sulfone groups is 1. The standard InChI is InChI=1S/C20H16O2S/c21-23(22,20-9-5-2-6-10-20)16-15-17-11-13-19(14-12-17)18-7-3-1-4-8-18/h1-16H/b16-15+. The van der Waals surface area contributed by atoms with E-state index >= 15 is 0 Å². The van der Waals surface area contributed by atoms with E-state index in [1.54, 1.807) is 36.4 Å². The van der Waals surface area contributed by atoms with Gasteiger partial charge in [-0.3, -0.25) is 0 Å². The number of rotatable bonds is 4. The molecule has 2 nitrogen and oxygen atoms in total. The summed E-state index contributed by atoms with van der Waals surface area (Å²) in [5.41, 5.74) is 3.10. The van der Waals surface area contributed by atoms with Crippen molar-refractivity contribution in [3.8, 4) is 11.1 Å². The lowest BCUT2D eigenvalue weighted by Crippen LogP contribution is -1.95. The fraction of sp³-hybridized carbons (Fsp3) is 0. The maximum Gasteiger partial charge on any atom is 0.199 e. The van der Waals surface area contributed by atoms with Gasteiger partial charge < -0.3 is 0 Å². The van der Waals surface area contributed by atoms with Crippen molar-refractivity contribution in [2.45, 2.75) is 4.90 Å². The molecule has 3 aromatic carbocycles. The van der Waals surface area contributed by atoms with Crippen molar-refractivity contribution < 1.29 is 8.42 Å². The largest absolute Gasteiger partial charge is 0.219 e. The summed E-state index contributed by atoms with van der Waals surface area (Å²) in [5.74, 6) is 0. The van der Waals surface area contributed by atoms with Crippen LogP contribution in [0.15, 0.2) is 95.2 Å². The van der Waals surface area contributed by atoms with Gasteiger partial charge in [-0.05, 0) is 34.9 Å². The molecule has 3 aromatic rings. The first-order valence-corrected chi connectivity index (χ1v) is 8.83. The Hall–Kier alpha value is -2.65. The van der Waals surface area contributed by atoms with Gasteiger partial charge in [0.1, 0.15) is 0 Å². The van der Waals surface area contributed by atoms with Crippen LogP contribution in [0.5, 0.6) is 0 Å². The predicted molar refractivity (Wildman–Crippen MR) is 94.5 cm³/mol. The molecule has 23 heavy (non-hydrogen) atoms. The zero-order chi connectivity index (χ0) is 16.1. The first kappa shape index (κ1) is 15.3. The minimum Gasteiger partial charge on any atom is -0.219 e. The average molecular weight is 320 g/mol. The van der Waals surface area contributed by atoms with E-state index in [4.69, 9.17) is 0 Å². The van der Waals surface area contributed by atoms with Gasteiger partial charge >= 0.3 is 0 Å². The molecule has 0 aromatic heterocycles. The van der Waals surface area contributed by atoms with E-state index in [9.17, 15) is 8.42 Å². The third-order valence-corrected chi connectivity index (χ3v) is 4.95. The van der Waals surface area contributed by atoms with Gasteiger partial charge in [0.05, 0.1) is 4.90 Å². The summed E-state index contributed by atoms with van der Waals surface area (Å²) in [7, 11) is -3.40. The molecule has 0 radical (unpaired) electrons. The van der Waals surface area contributed by atoms with Crippen LogP contribution < -0.4 is 0 Å². The molecule has 0 aliphatic heterocycles. The third kappa shape index (κ3) is 3.76. The van der Waals surface area contributed by atoms with E-state index in [1.165, 1.54) is 5.41 Å². The summed E-state index contributed by atoms with van der Waals surface area (Å²) in [6.07, 6.45) is 1.62. The molecule has 0 saturated carbocycles. The first-order chi connectivity index (χ1) is 11.1. The van der Waals surface area contributed by atoms with Crippen molar-refractivity contribution >= 4 is 15.9 Å². The maximum atomic E-state index is 12.2. The predicted octanol–water partition coefficient (Wildman–Crippen LogP) is 4.80. The second kappa shape index (κ2) is 6.63. The molecule has 0 N–H and O–H groups in total. The van der Waals surface area contributed by atoms with Crippen LogP contribution in [0.3, 0.4) is 0 Å². The van der Waals surface area contributed by atoms with Gasteiger partial charge in [-0.1, -0.05) is 72.8 Å². The topological polar surface area (TPSA) is 34.1 Å². The summed E-state index contributed by atoms with van der Waals surface area (Å²) >= 11 is 0. The molecule has 0 aliphatic rings. The fourth-order valence-electron chi connectivity index (χ4n) is 2.27. The van der Waals surface area contributed by atoms with Crippen LogP contribution in [0.2, 0.25) is 0 Å². The first-order valence-electron chi connectivity index (χ1n) is 7.29. The Morgan fingerprint density at radius 2 is 1.13 bits per heavy atom. The Morgan fingerprint density at radius 3 is 1.74 bits per heavy atom. The highest BCUT2D eigenvalue weighted by atomic mass is 32.2. The van der Waals surface area contributed by atoms with Crippen molar-refractivity contribution in [2.24, 2.45) is 0 Å². The van der Waals surface area contributed by atoms with E-state index in [-0.39, 0.29) is 0 Å². The van der Waals surface area contributed by atoms with Crippen LogP contribution in [-0.2, 0) is 9.84 Å². The van der Waals surface area contributed by atoms with Crippen molar-refractivity contribution in [2.75, 3.05) is 0 Å². The normalized spacial score (nSPS) is 11.7. The Labute approximate surface area is 136 Å². The van der Waals surface area contributed by atoms with Gasteiger partial charge in [0, 0.05) is 5.41 Å². The summed E-state index contributed by atoms with van der Waals surface area (Å²) in [6.45, 7) is 0. The van der Waals surface area contributed by atoms with Gasteiger partial charge in [0.2, 0.25) is 0 Å². The molecule has 0 heterocycles. The van der Waals surface area contributed by atoms with Gasteiger partial charge in [-0.2, -0.15) is 0 Å². The average Bonchev–Trinajstić information content (AvgIpc) is 2.62. The van der Waals surface area contributed by atoms with Crippen molar-refractivity contribution in [1.29, 1.82) is 0 Å². The van der Waals surface area contributed by atoms with Crippen molar-refractivity contribution in [1.82, 2.24) is 0 Å². The molecular weight excluding hydrogens is 304 g/mol. The zero-order valence-corrected chi connectivity index (χ0v) is 13.3. The molecule has 3 rings (SSSR count). The van der Waals surface area contributed by atoms with E-state index in [1.807, 2.05) is 54.6 Å². The molecular formula is C20H16O2S. The van der Waals surface area contributed by atoms with Crippen LogP contribution in [-0.4, -0.2) is 8.42 Å². The lowest BCUT2D eigenvalue weighted by Gasteiger charge is -2.02. The molecule has 0 fully saturated rings. The van der Waals surface area contributed by atoms with Gasteiger partial charge in [-0.25, -0.2) is 8.42 Å². The minimum absolute atomic E-state index is 0.303. The molecule has 0 atom stereocenters. The van der Waals surface area contributed by atoms with Gasteiger partial charge in [0.25, 0.3) is 0 Å².